The van der Waals surface area contributed by atoms with E-state index in [0.29, 0.717) is 5.82 Å². The Balaban J connectivity index is 2.22. The Morgan fingerprint density at radius 1 is 1.28 bits per heavy atom. The van der Waals surface area contributed by atoms with Crippen LogP contribution in [-0.4, -0.2) is 45.5 Å². The van der Waals surface area contributed by atoms with E-state index in [-0.39, 0.29) is 13.2 Å². The molecule has 6 heteroatoms. The molecule has 0 unspecified atom stereocenters. The monoisotopic (exact) mass is 253 g/mol. The van der Waals surface area contributed by atoms with Crippen LogP contribution in [-0.2, 0) is 17.7 Å². The Hall–Kier alpha value is -1.24. The summed E-state index contributed by atoms with van der Waals surface area (Å²) >= 11 is 0. The molecule has 0 saturated carbocycles. The number of β-amino-alcohol motifs (C(OH)–C–C–N with tert-alkyl or cyclic N) is 1. The molecule has 0 amide bonds. The number of hydrogen-bond acceptors (Lipinski definition) is 6. The minimum absolute atomic E-state index is 0.0775. The molecule has 2 rings (SSSR count). The third kappa shape index (κ3) is 2.77. The van der Waals surface area contributed by atoms with Gasteiger partial charge >= 0.3 is 0 Å². The lowest BCUT2D eigenvalue weighted by atomic mass is 10.2. The topological polar surface area (TPSA) is 78.7 Å². The minimum atomic E-state index is -0.834. The molecule has 2 N–H and O–H groups in total. The van der Waals surface area contributed by atoms with Crippen molar-refractivity contribution in [2.24, 2.45) is 0 Å². The first-order chi connectivity index (χ1) is 8.63. The van der Waals surface area contributed by atoms with Gasteiger partial charge in [-0.1, -0.05) is 13.8 Å². The maximum absolute atomic E-state index is 9.65. The van der Waals surface area contributed by atoms with Crippen molar-refractivity contribution in [2.75, 3.05) is 18.2 Å². The predicted molar refractivity (Wildman–Crippen MR) is 66.1 cm³/mol. The number of hydrogen-bond donors (Lipinski definition) is 2. The van der Waals surface area contributed by atoms with E-state index < -0.39 is 12.2 Å². The van der Waals surface area contributed by atoms with Crippen LogP contribution < -0.4 is 5.06 Å². The molecule has 18 heavy (non-hydrogen) atoms. The lowest BCUT2D eigenvalue weighted by Gasteiger charge is -2.33. The van der Waals surface area contributed by atoms with E-state index in [4.69, 9.17) is 4.84 Å². The summed E-state index contributed by atoms with van der Waals surface area (Å²) in [6.07, 6.45) is -0.0789. The highest BCUT2D eigenvalue weighted by Crippen LogP contribution is 2.18. The molecule has 1 aliphatic rings. The van der Waals surface area contributed by atoms with Gasteiger partial charge in [0.1, 0.15) is 24.6 Å². The van der Waals surface area contributed by atoms with Crippen LogP contribution in [0.1, 0.15) is 25.4 Å². The fourth-order valence-electron chi connectivity index (χ4n) is 1.78. The lowest BCUT2D eigenvalue weighted by molar-refractivity contribution is -0.0864. The molecular weight excluding hydrogens is 234 g/mol. The summed E-state index contributed by atoms with van der Waals surface area (Å²) in [5.74, 6) is 1.40. The Labute approximate surface area is 106 Å². The van der Waals surface area contributed by atoms with Crippen molar-refractivity contribution >= 4 is 5.82 Å². The van der Waals surface area contributed by atoms with Crippen molar-refractivity contribution in [1.82, 2.24) is 9.97 Å². The molecule has 1 aromatic heterocycles. The average molecular weight is 253 g/mol. The van der Waals surface area contributed by atoms with E-state index in [2.05, 4.69) is 9.97 Å². The van der Waals surface area contributed by atoms with Gasteiger partial charge in [-0.3, -0.25) is 4.84 Å². The SMILES string of the molecule is CCc1cc(N2C[C@@H](O)[C@@H](O)CO2)nc(CC)n1. The zero-order valence-corrected chi connectivity index (χ0v) is 10.7. The molecule has 0 aromatic carbocycles. The van der Waals surface area contributed by atoms with Crippen molar-refractivity contribution in [3.8, 4) is 0 Å². The first-order valence-corrected chi connectivity index (χ1v) is 6.27. The van der Waals surface area contributed by atoms with E-state index in [9.17, 15) is 10.2 Å². The summed E-state index contributed by atoms with van der Waals surface area (Å²) in [6, 6.07) is 1.85. The van der Waals surface area contributed by atoms with E-state index in [1.54, 1.807) is 0 Å². The van der Waals surface area contributed by atoms with Crippen molar-refractivity contribution in [3.05, 3.63) is 17.6 Å². The molecule has 2 atom stereocenters. The normalized spacial score (nSPS) is 24.3. The van der Waals surface area contributed by atoms with Gasteiger partial charge in [-0.25, -0.2) is 15.0 Å². The molecule has 100 valence electrons. The average Bonchev–Trinajstić information content (AvgIpc) is 2.41. The molecule has 6 nitrogen and oxygen atoms in total. The van der Waals surface area contributed by atoms with Gasteiger partial charge in [0, 0.05) is 18.2 Å². The number of aliphatic hydroxyl groups excluding tert-OH is 2. The third-order valence-electron chi connectivity index (χ3n) is 2.94. The standard InChI is InChI=1S/C12H19N3O3/c1-3-8-5-12(14-11(4-2)13-8)15-6-9(16)10(17)7-18-15/h5,9-10,16-17H,3-4,6-7H2,1-2H3/t9-,10+/m1/s1. The van der Waals surface area contributed by atoms with Gasteiger partial charge in [-0.15, -0.1) is 0 Å². The Bertz CT molecular complexity index is 391. The summed E-state index contributed by atoms with van der Waals surface area (Å²) in [7, 11) is 0. The fraction of sp³-hybridized carbons (Fsp3) is 0.667. The second kappa shape index (κ2) is 5.60. The van der Waals surface area contributed by atoms with Crippen LogP contribution in [0.5, 0.6) is 0 Å². The van der Waals surface area contributed by atoms with Crippen molar-refractivity contribution < 1.29 is 15.1 Å². The lowest BCUT2D eigenvalue weighted by Crippen LogP contribution is -2.48. The Morgan fingerprint density at radius 2 is 2.06 bits per heavy atom. The molecule has 1 saturated heterocycles. The van der Waals surface area contributed by atoms with Crippen molar-refractivity contribution in [2.45, 2.75) is 38.9 Å². The molecule has 1 aliphatic heterocycles. The van der Waals surface area contributed by atoms with Gasteiger partial charge in [0.15, 0.2) is 5.82 Å². The third-order valence-corrected chi connectivity index (χ3v) is 2.94. The molecular formula is C12H19N3O3. The van der Waals surface area contributed by atoms with E-state index >= 15 is 0 Å². The number of hydroxylamine groups is 1. The summed E-state index contributed by atoms with van der Waals surface area (Å²) in [6.45, 7) is 4.31. The van der Waals surface area contributed by atoms with Gasteiger partial charge in [0.05, 0.1) is 6.54 Å². The zero-order chi connectivity index (χ0) is 13.1. The van der Waals surface area contributed by atoms with Gasteiger partial charge in [0.2, 0.25) is 0 Å². The van der Waals surface area contributed by atoms with Crippen LogP contribution in [0.25, 0.3) is 0 Å². The van der Waals surface area contributed by atoms with E-state index in [1.807, 2.05) is 19.9 Å². The molecule has 2 heterocycles. The van der Waals surface area contributed by atoms with Crippen LogP contribution in [0.2, 0.25) is 0 Å². The van der Waals surface area contributed by atoms with Crippen LogP contribution in [0.3, 0.4) is 0 Å². The first kappa shape index (κ1) is 13.2. The number of nitrogens with zero attached hydrogens (tertiary/aromatic N) is 3. The smallest absolute Gasteiger partial charge is 0.156 e. The number of aromatic nitrogens is 2. The number of rotatable bonds is 3. The maximum Gasteiger partial charge on any atom is 0.156 e. The second-order valence-corrected chi connectivity index (χ2v) is 4.33. The fourth-order valence-corrected chi connectivity index (χ4v) is 1.78. The quantitative estimate of drug-likeness (QED) is 0.794. The van der Waals surface area contributed by atoms with Gasteiger partial charge in [-0.2, -0.15) is 0 Å². The Kier molecular flexibility index (Phi) is 4.11. The highest BCUT2D eigenvalue weighted by atomic mass is 16.7. The summed E-state index contributed by atoms with van der Waals surface area (Å²) < 4.78 is 0. The van der Waals surface area contributed by atoms with Gasteiger partial charge in [0.25, 0.3) is 0 Å². The largest absolute Gasteiger partial charge is 0.388 e. The maximum atomic E-state index is 9.65. The second-order valence-electron chi connectivity index (χ2n) is 4.33. The van der Waals surface area contributed by atoms with E-state index in [1.165, 1.54) is 5.06 Å². The molecule has 0 spiro atoms. The Morgan fingerprint density at radius 3 is 2.67 bits per heavy atom. The summed E-state index contributed by atoms with van der Waals surface area (Å²) in [4.78, 5) is 14.2. The van der Waals surface area contributed by atoms with Crippen molar-refractivity contribution in [3.63, 3.8) is 0 Å². The molecule has 1 aromatic rings. The summed E-state index contributed by atoms with van der Waals surface area (Å²) in [5.41, 5.74) is 0.945. The molecule has 0 aliphatic carbocycles. The molecule has 1 fully saturated rings. The number of aliphatic hydroxyl groups is 2. The van der Waals surface area contributed by atoms with Crippen LogP contribution in [0, 0.1) is 0 Å². The number of aryl methyl sites for hydroxylation is 2. The summed E-state index contributed by atoms with van der Waals surface area (Å²) in [5, 5.41) is 20.6. The van der Waals surface area contributed by atoms with E-state index in [0.717, 1.165) is 24.4 Å². The first-order valence-electron chi connectivity index (χ1n) is 6.27. The molecule has 0 bridgehead atoms. The van der Waals surface area contributed by atoms with Crippen molar-refractivity contribution in [1.29, 1.82) is 0 Å². The predicted octanol–water partition coefficient (Wildman–Crippen LogP) is 0.0748. The highest BCUT2D eigenvalue weighted by Gasteiger charge is 2.28. The highest BCUT2D eigenvalue weighted by molar-refractivity contribution is 5.37. The van der Waals surface area contributed by atoms with Gasteiger partial charge in [-0.05, 0) is 6.42 Å². The number of anilines is 1. The van der Waals surface area contributed by atoms with Gasteiger partial charge < -0.3 is 10.2 Å². The molecule has 0 radical (unpaired) electrons. The minimum Gasteiger partial charge on any atom is -0.388 e. The van der Waals surface area contributed by atoms with Crippen LogP contribution in [0.4, 0.5) is 5.82 Å². The zero-order valence-electron chi connectivity index (χ0n) is 10.7. The van der Waals surface area contributed by atoms with Crippen LogP contribution >= 0.6 is 0 Å². The van der Waals surface area contributed by atoms with Crippen LogP contribution in [0.15, 0.2) is 6.07 Å².